The Labute approximate surface area is 230 Å². The third-order valence-electron chi connectivity index (χ3n) is 11.9. The van der Waals surface area contributed by atoms with Crippen molar-refractivity contribution in [3.8, 4) is 0 Å². The zero-order valence-electron chi connectivity index (χ0n) is 24.2. The minimum atomic E-state index is -4.42. The van der Waals surface area contributed by atoms with Crippen LogP contribution in [0.25, 0.3) is 0 Å². The zero-order chi connectivity index (χ0) is 28.0. The quantitative estimate of drug-likeness (QED) is 0.361. The Morgan fingerprint density at radius 2 is 1.74 bits per heavy atom. The van der Waals surface area contributed by atoms with Gasteiger partial charge in [-0.3, -0.25) is 4.79 Å². The standard InChI is InChI=1S/C30H53NO6S/c1-18(2)14-21(17-38(35,36)37)31-28(34)11-6-19(3)24-9-10-25-23-8-7-20-15-22(32)12-13-29(20,4)26(23)16-27(33)30(24,25)5/h18-27,32-33H,6-17H2,1-5H3,(H,31,34)(H,35,36,37)/p-1/t19-,20-,21+,22-,23+,24-,25+,26+,27+,29+,30-/m1/s1. The molecule has 4 fully saturated rings. The molecule has 0 aliphatic heterocycles. The zero-order valence-corrected chi connectivity index (χ0v) is 25.0. The second kappa shape index (κ2) is 11.3. The van der Waals surface area contributed by atoms with E-state index in [4.69, 9.17) is 0 Å². The van der Waals surface area contributed by atoms with Crippen LogP contribution >= 0.6 is 0 Å². The number of carbonyl (C=O) groups is 1. The van der Waals surface area contributed by atoms with E-state index >= 15 is 0 Å². The Hall–Kier alpha value is -0.700. The lowest BCUT2D eigenvalue weighted by atomic mass is 9.43. The first-order chi connectivity index (χ1) is 17.6. The fourth-order valence-corrected chi connectivity index (χ4v) is 10.7. The molecular weight excluding hydrogens is 502 g/mol. The van der Waals surface area contributed by atoms with Crippen molar-refractivity contribution in [3.05, 3.63) is 0 Å². The second-order valence-corrected chi connectivity index (χ2v) is 16.0. The average molecular weight is 555 g/mol. The third-order valence-corrected chi connectivity index (χ3v) is 12.7. The van der Waals surface area contributed by atoms with Gasteiger partial charge in [0, 0.05) is 12.5 Å². The average Bonchev–Trinajstić information content (AvgIpc) is 3.16. The van der Waals surface area contributed by atoms with Crippen LogP contribution in [0.15, 0.2) is 0 Å². The maximum atomic E-state index is 12.8. The summed E-state index contributed by atoms with van der Waals surface area (Å²) in [4.78, 5) is 12.8. The van der Waals surface area contributed by atoms with E-state index in [1.54, 1.807) is 0 Å². The maximum Gasteiger partial charge on any atom is 0.220 e. The molecule has 0 heterocycles. The van der Waals surface area contributed by atoms with Crippen molar-refractivity contribution in [3.63, 3.8) is 0 Å². The molecule has 1 amide bonds. The van der Waals surface area contributed by atoms with Gasteiger partial charge in [0.25, 0.3) is 0 Å². The maximum absolute atomic E-state index is 12.8. The summed E-state index contributed by atoms with van der Waals surface area (Å²) in [7, 11) is -4.42. The molecule has 8 heteroatoms. The van der Waals surface area contributed by atoms with Crippen LogP contribution in [-0.2, 0) is 14.9 Å². The van der Waals surface area contributed by atoms with Gasteiger partial charge in [-0.25, -0.2) is 8.42 Å². The van der Waals surface area contributed by atoms with Gasteiger partial charge < -0.3 is 20.1 Å². The summed E-state index contributed by atoms with van der Waals surface area (Å²) in [5, 5.41) is 24.8. The monoisotopic (exact) mass is 554 g/mol. The molecule has 0 spiro atoms. The lowest BCUT2D eigenvalue weighted by molar-refractivity contribution is -0.174. The van der Waals surface area contributed by atoms with Crippen molar-refractivity contribution < 1.29 is 28.0 Å². The van der Waals surface area contributed by atoms with Crippen LogP contribution in [0.1, 0.15) is 105 Å². The van der Waals surface area contributed by atoms with E-state index in [-0.39, 0.29) is 40.8 Å². The van der Waals surface area contributed by atoms with Crippen LogP contribution in [0.5, 0.6) is 0 Å². The number of amides is 1. The van der Waals surface area contributed by atoms with E-state index < -0.39 is 21.9 Å². The number of aliphatic hydroxyl groups excluding tert-OH is 2. The van der Waals surface area contributed by atoms with Gasteiger partial charge in [-0.1, -0.05) is 34.6 Å². The van der Waals surface area contributed by atoms with Crippen molar-refractivity contribution in [2.45, 2.75) is 123 Å². The molecule has 0 aromatic heterocycles. The number of aliphatic hydroxyl groups is 2. The number of rotatable bonds is 9. The molecule has 0 radical (unpaired) electrons. The molecular formula is C30H52NO6S-. The SMILES string of the molecule is CC(C)C[C@@H](CS(=O)(=O)[O-])NC(=O)CC[C@@H](C)[C@H]1CC[C@H]2[C@@H]3CC[C@@H]4C[C@H](O)CC[C@]4(C)[C@H]3C[C@H](O)[C@]12C. The van der Waals surface area contributed by atoms with Crippen LogP contribution in [0.3, 0.4) is 0 Å². The van der Waals surface area contributed by atoms with Crippen LogP contribution in [-0.4, -0.2) is 53.1 Å². The summed E-state index contributed by atoms with van der Waals surface area (Å²) < 4.78 is 33.9. The highest BCUT2D eigenvalue weighted by molar-refractivity contribution is 7.85. The molecule has 7 nitrogen and oxygen atoms in total. The predicted octanol–water partition coefficient (Wildman–Crippen LogP) is 4.47. The van der Waals surface area contributed by atoms with E-state index in [9.17, 15) is 28.0 Å². The van der Waals surface area contributed by atoms with Gasteiger partial charge >= 0.3 is 0 Å². The Balaban J connectivity index is 1.39. The van der Waals surface area contributed by atoms with Crippen molar-refractivity contribution in [1.82, 2.24) is 5.32 Å². The largest absolute Gasteiger partial charge is 0.748 e. The fraction of sp³-hybridized carbons (Fsp3) is 0.967. The highest BCUT2D eigenvalue weighted by Gasteiger charge is 2.63. The number of hydrogen-bond acceptors (Lipinski definition) is 6. The van der Waals surface area contributed by atoms with Gasteiger partial charge in [0.05, 0.1) is 28.1 Å². The summed E-state index contributed by atoms with van der Waals surface area (Å²) >= 11 is 0. The molecule has 0 saturated heterocycles. The second-order valence-electron chi connectivity index (χ2n) is 14.5. The van der Waals surface area contributed by atoms with Crippen LogP contribution < -0.4 is 5.32 Å². The Morgan fingerprint density at radius 1 is 1.03 bits per heavy atom. The molecule has 4 saturated carbocycles. The summed E-state index contributed by atoms with van der Waals surface area (Å²) in [5.74, 6) is 2.25. The van der Waals surface area contributed by atoms with Crippen LogP contribution in [0.4, 0.5) is 0 Å². The third kappa shape index (κ3) is 5.99. The van der Waals surface area contributed by atoms with Gasteiger partial charge in [-0.15, -0.1) is 0 Å². The first-order valence-corrected chi connectivity index (χ1v) is 16.8. The van der Waals surface area contributed by atoms with E-state index in [1.807, 2.05) is 13.8 Å². The van der Waals surface area contributed by atoms with Crippen molar-refractivity contribution in [2.75, 3.05) is 5.75 Å². The lowest BCUT2D eigenvalue weighted by Gasteiger charge is -2.62. The van der Waals surface area contributed by atoms with E-state index in [1.165, 1.54) is 12.8 Å². The fourth-order valence-electron chi connectivity index (χ4n) is 10.0. The summed E-state index contributed by atoms with van der Waals surface area (Å²) in [5.41, 5.74) is 0.0710. The molecule has 4 aliphatic carbocycles. The van der Waals surface area contributed by atoms with E-state index in [2.05, 4.69) is 26.1 Å². The number of fused-ring (bicyclic) bond motifs is 5. The minimum absolute atomic E-state index is 0.148. The Kier molecular flexibility index (Phi) is 8.99. The minimum Gasteiger partial charge on any atom is -0.748 e. The Bertz CT molecular complexity index is 954. The van der Waals surface area contributed by atoms with Crippen molar-refractivity contribution in [2.24, 2.45) is 52.3 Å². The molecule has 4 rings (SSSR count). The molecule has 0 unspecified atom stereocenters. The lowest BCUT2D eigenvalue weighted by Crippen LogP contribution is -2.58. The van der Waals surface area contributed by atoms with Crippen LogP contribution in [0.2, 0.25) is 0 Å². The molecule has 4 aliphatic rings. The van der Waals surface area contributed by atoms with Crippen molar-refractivity contribution >= 4 is 16.0 Å². The molecule has 220 valence electrons. The van der Waals surface area contributed by atoms with Gasteiger partial charge in [0.1, 0.15) is 0 Å². The number of hydrogen-bond donors (Lipinski definition) is 3. The van der Waals surface area contributed by atoms with Crippen LogP contribution in [0, 0.1) is 52.3 Å². The molecule has 0 aromatic rings. The number of carbonyl (C=O) groups excluding carboxylic acids is 1. The first kappa shape index (κ1) is 30.3. The molecule has 0 bridgehead atoms. The summed E-state index contributed by atoms with van der Waals surface area (Å²) in [6.45, 7) is 10.8. The topological polar surface area (TPSA) is 127 Å². The first-order valence-electron chi connectivity index (χ1n) is 15.2. The molecule has 0 aromatic carbocycles. The van der Waals surface area contributed by atoms with Crippen molar-refractivity contribution in [1.29, 1.82) is 0 Å². The summed E-state index contributed by atoms with van der Waals surface area (Å²) in [6.07, 6.45) is 9.26. The van der Waals surface area contributed by atoms with Gasteiger partial charge in [0.15, 0.2) is 0 Å². The Morgan fingerprint density at radius 3 is 2.39 bits per heavy atom. The molecule has 11 atom stereocenters. The van der Waals surface area contributed by atoms with Gasteiger partial charge in [0.2, 0.25) is 5.91 Å². The predicted molar refractivity (Wildman–Crippen MR) is 147 cm³/mol. The van der Waals surface area contributed by atoms with E-state index in [0.29, 0.717) is 48.9 Å². The number of nitrogens with one attached hydrogen (secondary N) is 1. The summed E-state index contributed by atoms with van der Waals surface area (Å²) in [6, 6.07) is -0.650. The smallest absolute Gasteiger partial charge is 0.220 e. The molecule has 3 N–H and O–H groups in total. The van der Waals surface area contributed by atoms with Gasteiger partial charge in [-0.05, 0) is 116 Å². The highest BCUT2D eigenvalue weighted by Crippen LogP contribution is 2.68. The molecule has 38 heavy (non-hydrogen) atoms. The highest BCUT2D eigenvalue weighted by atomic mass is 32.2. The van der Waals surface area contributed by atoms with Gasteiger partial charge in [-0.2, -0.15) is 0 Å². The van der Waals surface area contributed by atoms with E-state index in [0.717, 1.165) is 38.5 Å². The normalized spacial score (nSPS) is 42.6.